The average molecular weight is 238 g/mol. The fraction of sp³-hybridized carbons (Fsp3) is 0.143. The lowest BCUT2D eigenvalue weighted by Crippen LogP contribution is -1.99. The number of nitrogens with zero attached hydrogens (tertiary/aromatic N) is 3. The van der Waals surface area contributed by atoms with Gasteiger partial charge in [-0.2, -0.15) is 0 Å². The van der Waals surface area contributed by atoms with Crippen LogP contribution in [0.1, 0.15) is 6.92 Å². The molecule has 0 unspecified atom stereocenters. The zero-order valence-electron chi connectivity index (χ0n) is 10.2. The van der Waals surface area contributed by atoms with Crippen molar-refractivity contribution in [1.82, 2.24) is 14.5 Å². The van der Waals surface area contributed by atoms with Crippen molar-refractivity contribution in [2.45, 2.75) is 6.92 Å². The molecule has 0 bridgehead atoms. The number of para-hydroxylation sites is 1. The summed E-state index contributed by atoms with van der Waals surface area (Å²) in [4.78, 5) is 8.69. The van der Waals surface area contributed by atoms with E-state index in [1.54, 1.807) is 6.20 Å². The van der Waals surface area contributed by atoms with E-state index in [4.69, 9.17) is 0 Å². The van der Waals surface area contributed by atoms with Crippen LogP contribution >= 0.6 is 0 Å². The van der Waals surface area contributed by atoms with Gasteiger partial charge >= 0.3 is 0 Å². The first-order valence-corrected chi connectivity index (χ1v) is 6.01. The first-order chi connectivity index (χ1) is 8.88. The molecule has 3 aromatic rings. The Hall–Kier alpha value is -2.36. The molecule has 0 saturated heterocycles. The van der Waals surface area contributed by atoms with Crippen LogP contribution in [0.15, 0.2) is 48.9 Å². The van der Waals surface area contributed by atoms with Crippen molar-refractivity contribution in [3.63, 3.8) is 0 Å². The Kier molecular flexibility index (Phi) is 2.68. The summed E-state index contributed by atoms with van der Waals surface area (Å²) in [6.07, 6.45) is 3.63. The minimum Gasteiger partial charge on any atom is -0.370 e. The van der Waals surface area contributed by atoms with Crippen LogP contribution in [0.3, 0.4) is 0 Å². The summed E-state index contributed by atoms with van der Waals surface area (Å²) >= 11 is 0. The molecule has 2 heterocycles. The summed E-state index contributed by atoms with van der Waals surface area (Å²) in [5.41, 5.74) is 3.07. The van der Waals surface area contributed by atoms with E-state index in [1.807, 2.05) is 30.6 Å². The average Bonchev–Trinajstić information content (AvgIpc) is 2.83. The lowest BCUT2D eigenvalue weighted by molar-refractivity contribution is 1.09. The highest BCUT2D eigenvalue weighted by atomic mass is 15.1. The second-order valence-electron chi connectivity index (χ2n) is 4.04. The quantitative estimate of drug-likeness (QED) is 0.763. The molecule has 1 N–H and O–H groups in total. The van der Waals surface area contributed by atoms with Crippen molar-refractivity contribution in [2.75, 3.05) is 11.9 Å². The van der Waals surface area contributed by atoms with Crippen LogP contribution in [0.5, 0.6) is 0 Å². The van der Waals surface area contributed by atoms with Crippen molar-refractivity contribution in [1.29, 1.82) is 0 Å². The molecule has 0 radical (unpaired) electrons. The molecule has 18 heavy (non-hydrogen) atoms. The van der Waals surface area contributed by atoms with Crippen molar-refractivity contribution in [3.8, 4) is 5.69 Å². The van der Waals surface area contributed by atoms with Gasteiger partial charge in [0.05, 0.1) is 11.7 Å². The minimum absolute atomic E-state index is 0.859. The fourth-order valence-electron chi connectivity index (χ4n) is 1.98. The number of nitrogens with one attached hydrogen (secondary N) is 1. The van der Waals surface area contributed by atoms with Crippen LogP contribution in [0, 0.1) is 0 Å². The Morgan fingerprint density at radius 1 is 1.17 bits per heavy atom. The van der Waals surface area contributed by atoms with Gasteiger partial charge in [-0.25, -0.2) is 9.97 Å². The molecule has 90 valence electrons. The van der Waals surface area contributed by atoms with Gasteiger partial charge in [0.1, 0.15) is 17.7 Å². The third-order valence-corrected chi connectivity index (χ3v) is 2.83. The maximum absolute atomic E-state index is 4.37. The predicted octanol–water partition coefficient (Wildman–Crippen LogP) is 2.85. The van der Waals surface area contributed by atoms with E-state index in [0.29, 0.717) is 0 Å². The van der Waals surface area contributed by atoms with E-state index >= 15 is 0 Å². The minimum atomic E-state index is 0.859. The number of hydrogen-bond donors (Lipinski definition) is 1. The van der Waals surface area contributed by atoms with Crippen LogP contribution in [-0.4, -0.2) is 21.1 Å². The topological polar surface area (TPSA) is 42.7 Å². The first kappa shape index (κ1) is 10.8. The Labute approximate surface area is 105 Å². The van der Waals surface area contributed by atoms with Gasteiger partial charge in [0, 0.05) is 18.3 Å². The molecule has 0 saturated carbocycles. The Morgan fingerprint density at radius 2 is 2.00 bits per heavy atom. The van der Waals surface area contributed by atoms with Crippen molar-refractivity contribution >= 4 is 16.9 Å². The highest BCUT2D eigenvalue weighted by Gasteiger charge is 2.05. The third-order valence-electron chi connectivity index (χ3n) is 2.83. The van der Waals surface area contributed by atoms with Crippen molar-refractivity contribution in [2.24, 2.45) is 0 Å². The molecule has 0 atom stereocenters. The van der Waals surface area contributed by atoms with Gasteiger partial charge in [0.25, 0.3) is 0 Å². The van der Waals surface area contributed by atoms with Gasteiger partial charge in [0.2, 0.25) is 0 Å². The number of imidazole rings is 1. The molecular weight excluding hydrogens is 224 g/mol. The SMILES string of the molecule is CCNc1cc2c(cn1)ncn2-c1ccccc1. The van der Waals surface area contributed by atoms with E-state index in [-0.39, 0.29) is 0 Å². The zero-order chi connectivity index (χ0) is 12.4. The summed E-state index contributed by atoms with van der Waals surface area (Å²) in [5.74, 6) is 0.877. The Morgan fingerprint density at radius 3 is 2.78 bits per heavy atom. The van der Waals surface area contributed by atoms with Gasteiger partial charge < -0.3 is 5.32 Å². The Balaban J connectivity index is 2.15. The molecule has 1 aromatic carbocycles. The van der Waals surface area contributed by atoms with E-state index in [9.17, 15) is 0 Å². The number of pyridine rings is 1. The monoisotopic (exact) mass is 238 g/mol. The van der Waals surface area contributed by atoms with E-state index < -0.39 is 0 Å². The fourth-order valence-corrected chi connectivity index (χ4v) is 1.98. The normalized spacial score (nSPS) is 10.7. The number of fused-ring (bicyclic) bond motifs is 1. The molecule has 2 aromatic heterocycles. The largest absolute Gasteiger partial charge is 0.370 e. The summed E-state index contributed by atoms with van der Waals surface area (Å²) in [5, 5.41) is 3.22. The summed E-state index contributed by atoms with van der Waals surface area (Å²) in [6, 6.07) is 12.2. The number of hydrogen-bond acceptors (Lipinski definition) is 3. The number of benzene rings is 1. The molecule has 0 aliphatic carbocycles. The van der Waals surface area contributed by atoms with Gasteiger partial charge in [0.15, 0.2) is 0 Å². The Bertz CT molecular complexity index is 658. The lowest BCUT2D eigenvalue weighted by atomic mass is 10.3. The number of anilines is 1. The zero-order valence-corrected chi connectivity index (χ0v) is 10.2. The second-order valence-corrected chi connectivity index (χ2v) is 4.04. The maximum atomic E-state index is 4.37. The van der Waals surface area contributed by atoms with E-state index in [1.165, 1.54) is 0 Å². The van der Waals surface area contributed by atoms with E-state index in [2.05, 4.69) is 38.9 Å². The molecule has 0 aliphatic heterocycles. The number of aromatic nitrogens is 3. The predicted molar refractivity (Wildman–Crippen MR) is 73.0 cm³/mol. The summed E-state index contributed by atoms with van der Waals surface area (Å²) in [7, 11) is 0. The van der Waals surface area contributed by atoms with Gasteiger partial charge in [-0.3, -0.25) is 4.57 Å². The van der Waals surface area contributed by atoms with Gasteiger partial charge in [-0.05, 0) is 19.1 Å². The molecule has 0 spiro atoms. The molecule has 0 aliphatic rings. The van der Waals surface area contributed by atoms with E-state index in [0.717, 1.165) is 29.1 Å². The third kappa shape index (κ3) is 1.82. The number of rotatable bonds is 3. The maximum Gasteiger partial charge on any atom is 0.128 e. The summed E-state index contributed by atoms with van der Waals surface area (Å²) in [6.45, 7) is 2.92. The smallest absolute Gasteiger partial charge is 0.128 e. The van der Waals surface area contributed by atoms with Gasteiger partial charge in [-0.1, -0.05) is 18.2 Å². The molecule has 4 nitrogen and oxygen atoms in total. The molecular formula is C14H14N4. The highest BCUT2D eigenvalue weighted by Crippen LogP contribution is 2.19. The van der Waals surface area contributed by atoms with Gasteiger partial charge in [-0.15, -0.1) is 0 Å². The van der Waals surface area contributed by atoms with Crippen LogP contribution in [0.4, 0.5) is 5.82 Å². The van der Waals surface area contributed by atoms with Crippen molar-refractivity contribution < 1.29 is 0 Å². The van der Waals surface area contributed by atoms with Crippen LogP contribution in [0.2, 0.25) is 0 Å². The second kappa shape index (κ2) is 4.49. The molecule has 4 heteroatoms. The molecule has 3 rings (SSSR count). The molecule has 0 fully saturated rings. The molecule has 0 amide bonds. The standard InChI is InChI=1S/C14H14N4/c1-2-15-14-8-13-12(9-16-14)17-10-18(13)11-6-4-3-5-7-11/h3-10H,2H2,1H3,(H,15,16). The lowest BCUT2D eigenvalue weighted by Gasteiger charge is -2.05. The summed E-state index contributed by atoms with van der Waals surface area (Å²) < 4.78 is 2.07. The first-order valence-electron chi connectivity index (χ1n) is 6.01. The van der Waals surface area contributed by atoms with Crippen LogP contribution < -0.4 is 5.32 Å². The van der Waals surface area contributed by atoms with Crippen molar-refractivity contribution in [3.05, 3.63) is 48.9 Å². The van der Waals surface area contributed by atoms with Crippen LogP contribution in [-0.2, 0) is 0 Å². The van der Waals surface area contributed by atoms with Crippen LogP contribution in [0.25, 0.3) is 16.7 Å². The highest BCUT2D eigenvalue weighted by molar-refractivity contribution is 5.79.